The lowest BCUT2D eigenvalue weighted by atomic mass is 10.1. The zero-order chi connectivity index (χ0) is 8.48. The Morgan fingerprint density at radius 1 is 1.64 bits per heavy atom. The lowest BCUT2D eigenvalue weighted by Gasteiger charge is -2.15. The molecule has 1 aliphatic carbocycles. The molecule has 4 heteroatoms. The molecule has 3 nitrogen and oxygen atoms in total. The van der Waals surface area contributed by atoms with Gasteiger partial charge in [-0.25, -0.2) is 8.42 Å². The fourth-order valence-corrected chi connectivity index (χ4v) is 2.02. The maximum atomic E-state index is 10.9. The maximum absolute atomic E-state index is 10.9. The predicted octanol–water partition coefficient (Wildman–Crippen LogP) is 0.460. The number of hydrogen-bond donors (Lipinski definition) is 1. The molecule has 0 radical (unpaired) electrons. The molecular formula is C7H12O3S. The van der Waals surface area contributed by atoms with Gasteiger partial charge in [-0.15, -0.1) is 0 Å². The second-order valence-corrected chi connectivity index (χ2v) is 4.94. The molecule has 0 aromatic heterocycles. The number of aliphatic hydroxyl groups excluding tert-OH is 1. The lowest BCUT2D eigenvalue weighted by molar-refractivity contribution is 0.164. The minimum Gasteiger partial charge on any atom is -0.393 e. The SMILES string of the molecule is CS(=O)(=O)C1=CCC(O)CC1. The molecule has 0 fully saturated rings. The van der Waals surface area contributed by atoms with Crippen LogP contribution in [-0.4, -0.2) is 25.9 Å². The van der Waals surface area contributed by atoms with Crippen molar-refractivity contribution in [2.24, 2.45) is 0 Å². The molecule has 0 aliphatic heterocycles. The first-order valence-corrected chi connectivity index (χ1v) is 5.46. The zero-order valence-corrected chi connectivity index (χ0v) is 7.26. The Balaban J connectivity index is 2.78. The van der Waals surface area contributed by atoms with Crippen LogP contribution in [0.4, 0.5) is 0 Å². The summed E-state index contributed by atoms with van der Waals surface area (Å²) in [6.45, 7) is 0. The van der Waals surface area contributed by atoms with E-state index in [1.807, 2.05) is 0 Å². The molecule has 0 spiro atoms. The van der Waals surface area contributed by atoms with Crippen LogP contribution in [-0.2, 0) is 9.84 Å². The van der Waals surface area contributed by atoms with Gasteiger partial charge in [-0.2, -0.15) is 0 Å². The van der Waals surface area contributed by atoms with Crippen LogP contribution in [0.25, 0.3) is 0 Å². The smallest absolute Gasteiger partial charge is 0.171 e. The van der Waals surface area contributed by atoms with Crippen molar-refractivity contribution in [2.45, 2.75) is 25.4 Å². The van der Waals surface area contributed by atoms with E-state index in [9.17, 15) is 8.42 Å². The van der Waals surface area contributed by atoms with Crippen molar-refractivity contribution in [2.75, 3.05) is 6.26 Å². The second-order valence-electron chi connectivity index (χ2n) is 2.87. The molecule has 0 aromatic rings. The van der Waals surface area contributed by atoms with Gasteiger partial charge in [-0.05, 0) is 19.3 Å². The van der Waals surface area contributed by atoms with Crippen LogP contribution >= 0.6 is 0 Å². The van der Waals surface area contributed by atoms with E-state index in [2.05, 4.69) is 0 Å². The first kappa shape index (κ1) is 8.74. The van der Waals surface area contributed by atoms with E-state index >= 15 is 0 Å². The summed E-state index contributed by atoms with van der Waals surface area (Å²) < 4.78 is 21.9. The molecule has 0 saturated heterocycles. The summed E-state index contributed by atoms with van der Waals surface area (Å²) in [7, 11) is -3.00. The first-order chi connectivity index (χ1) is 5.00. The Bertz CT molecular complexity index is 263. The summed E-state index contributed by atoms with van der Waals surface area (Å²) >= 11 is 0. The molecule has 1 N–H and O–H groups in total. The number of allylic oxidation sites excluding steroid dienone is 1. The molecule has 64 valence electrons. The molecule has 0 amide bonds. The fraction of sp³-hybridized carbons (Fsp3) is 0.714. The van der Waals surface area contributed by atoms with Crippen LogP contribution < -0.4 is 0 Å². The van der Waals surface area contributed by atoms with Crippen LogP contribution in [0.3, 0.4) is 0 Å². The van der Waals surface area contributed by atoms with Gasteiger partial charge in [0.25, 0.3) is 0 Å². The van der Waals surface area contributed by atoms with Gasteiger partial charge in [0.05, 0.1) is 6.10 Å². The van der Waals surface area contributed by atoms with E-state index in [-0.39, 0.29) is 6.10 Å². The van der Waals surface area contributed by atoms with Crippen molar-refractivity contribution in [1.82, 2.24) is 0 Å². The van der Waals surface area contributed by atoms with E-state index in [4.69, 9.17) is 5.11 Å². The van der Waals surface area contributed by atoms with Gasteiger partial charge in [0.2, 0.25) is 0 Å². The molecule has 1 unspecified atom stereocenters. The summed E-state index contributed by atoms with van der Waals surface area (Å²) in [6, 6.07) is 0. The van der Waals surface area contributed by atoms with Gasteiger partial charge in [-0.1, -0.05) is 6.08 Å². The molecule has 0 aromatic carbocycles. The molecule has 1 atom stereocenters. The lowest BCUT2D eigenvalue weighted by Crippen LogP contribution is -2.14. The maximum Gasteiger partial charge on any atom is 0.171 e. The highest BCUT2D eigenvalue weighted by molar-refractivity contribution is 7.94. The van der Waals surface area contributed by atoms with Crippen molar-refractivity contribution in [3.05, 3.63) is 11.0 Å². The van der Waals surface area contributed by atoms with E-state index in [0.717, 1.165) is 0 Å². The molecule has 11 heavy (non-hydrogen) atoms. The summed E-state index contributed by atoms with van der Waals surface area (Å²) in [5, 5.41) is 9.05. The van der Waals surface area contributed by atoms with Crippen LogP contribution in [0.2, 0.25) is 0 Å². The average molecular weight is 176 g/mol. The standard InChI is InChI=1S/C7H12O3S/c1-11(9,10)7-4-2-6(8)3-5-7/h4,6,8H,2-3,5H2,1H3. The highest BCUT2D eigenvalue weighted by atomic mass is 32.2. The van der Waals surface area contributed by atoms with Crippen molar-refractivity contribution < 1.29 is 13.5 Å². The molecule has 1 rings (SSSR count). The van der Waals surface area contributed by atoms with Gasteiger partial charge in [0.1, 0.15) is 0 Å². The van der Waals surface area contributed by atoms with Crippen molar-refractivity contribution in [3.63, 3.8) is 0 Å². The first-order valence-electron chi connectivity index (χ1n) is 3.57. The predicted molar refractivity (Wildman–Crippen MR) is 42.8 cm³/mol. The van der Waals surface area contributed by atoms with Gasteiger partial charge >= 0.3 is 0 Å². The minimum atomic E-state index is -3.00. The van der Waals surface area contributed by atoms with E-state index < -0.39 is 9.84 Å². The Morgan fingerprint density at radius 3 is 2.64 bits per heavy atom. The molecular weight excluding hydrogens is 164 g/mol. The van der Waals surface area contributed by atoms with Gasteiger partial charge in [-0.3, -0.25) is 0 Å². The van der Waals surface area contributed by atoms with Gasteiger partial charge in [0, 0.05) is 11.2 Å². The second kappa shape index (κ2) is 2.95. The van der Waals surface area contributed by atoms with Crippen LogP contribution in [0, 0.1) is 0 Å². The number of rotatable bonds is 1. The quantitative estimate of drug-likeness (QED) is 0.631. The molecule has 1 aliphatic rings. The van der Waals surface area contributed by atoms with Crippen LogP contribution in [0.5, 0.6) is 0 Å². The summed E-state index contributed by atoms with van der Waals surface area (Å²) in [6.07, 6.45) is 4.00. The number of sulfone groups is 1. The Hall–Kier alpha value is -0.350. The van der Waals surface area contributed by atoms with E-state index in [1.54, 1.807) is 6.08 Å². The third-order valence-corrected chi connectivity index (χ3v) is 3.14. The Labute approximate surface area is 66.7 Å². The van der Waals surface area contributed by atoms with E-state index in [0.29, 0.717) is 24.2 Å². The van der Waals surface area contributed by atoms with Crippen LogP contribution in [0.15, 0.2) is 11.0 Å². The molecule has 0 bridgehead atoms. The third kappa shape index (κ3) is 2.31. The minimum absolute atomic E-state index is 0.347. The fourth-order valence-electron chi connectivity index (χ4n) is 1.13. The van der Waals surface area contributed by atoms with Crippen molar-refractivity contribution in [3.8, 4) is 0 Å². The highest BCUT2D eigenvalue weighted by Crippen LogP contribution is 2.21. The summed E-state index contributed by atoms with van der Waals surface area (Å²) in [5.74, 6) is 0. The average Bonchev–Trinajstić information content (AvgIpc) is 1.86. The zero-order valence-electron chi connectivity index (χ0n) is 6.45. The topological polar surface area (TPSA) is 54.4 Å². The summed E-state index contributed by atoms with van der Waals surface area (Å²) in [4.78, 5) is 0.475. The third-order valence-electron chi connectivity index (χ3n) is 1.82. The molecule has 0 saturated carbocycles. The number of hydrogen-bond acceptors (Lipinski definition) is 3. The normalized spacial score (nSPS) is 26.4. The van der Waals surface area contributed by atoms with Crippen molar-refractivity contribution in [1.29, 1.82) is 0 Å². The Morgan fingerprint density at radius 2 is 2.27 bits per heavy atom. The number of aliphatic hydroxyl groups is 1. The largest absolute Gasteiger partial charge is 0.393 e. The van der Waals surface area contributed by atoms with Crippen LogP contribution in [0.1, 0.15) is 19.3 Å². The molecule has 0 heterocycles. The van der Waals surface area contributed by atoms with Crippen molar-refractivity contribution >= 4 is 9.84 Å². The highest BCUT2D eigenvalue weighted by Gasteiger charge is 2.17. The van der Waals surface area contributed by atoms with Gasteiger partial charge < -0.3 is 5.11 Å². The monoisotopic (exact) mass is 176 g/mol. The van der Waals surface area contributed by atoms with E-state index in [1.165, 1.54) is 6.26 Å². The van der Waals surface area contributed by atoms with Gasteiger partial charge in [0.15, 0.2) is 9.84 Å². The Kier molecular flexibility index (Phi) is 2.34. The summed E-state index contributed by atoms with van der Waals surface area (Å²) in [5.41, 5.74) is 0.